The van der Waals surface area contributed by atoms with Gasteiger partial charge in [0.25, 0.3) is 0 Å². The molecule has 4 rings (SSSR count). The third kappa shape index (κ3) is 4.31. The van der Waals surface area contributed by atoms with Crippen molar-refractivity contribution in [2.45, 2.75) is 58.0 Å². The zero-order valence-electron chi connectivity index (χ0n) is 18.7. The maximum absolute atomic E-state index is 13.6. The topological polar surface area (TPSA) is 55.4 Å². The molecule has 1 N–H and O–H groups in total. The van der Waals surface area contributed by atoms with Crippen molar-refractivity contribution in [2.75, 3.05) is 0 Å². The Morgan fingerprint density at radius 1 is 1.12 bits per heavy atom. The first-order chi connectivity index (χ1) is 15.4. The van der Waals surface area contributed by atoms with E-state index in [-0.39, 0.29) is 23.8 Å². The number of carbonyl (C=O) groups is 2. The maximum atomic E-state index is 13.6. The van der Waals surface area contributed by atoms with Crippen LogP contribution in [0.5, 0.6) is 0 Å². The molecule has 2 aromatic rings. The van der Waals surface area contributed by atoms with Gasteiger partial charge in [0.05, 0.1) is 11.7 Å². The van der Waals surface area contributed by atoms with E-state index in [9.17, 15) is 9.59 Å². The molecule has 5 heteroatoms. The van der Waals surface area contributed by atoms with Crippen LogP contribution in [0.3, 0.4) is 0 Å². The van der Waals surface area contributed by atoms with Crippen molar-refractivity contribution in [2.24, 2.45) is 0 Å². The quantitative estimate of drug-likeness (QED) is 0.507. The fraction of sp³-hybridized carbons (Fsp3) is 0.333. The third-order valence-corrected chi connectivity index (χ3v) is 7.14. The van der Waals surface area contributed by atoms with Crippen LogP contribution in [0.15, 0.2) is 81.6 Å². The second-order valence-corrected chi connectivity index (χ2v) is 9.43. The number of ether oxygens (including phenoxy) is 1. The number of Topliss-reactive ketones (excluding diaryl/α,β-unsaturated/α-hetero) is 1. The van der Waals surface area contributed by atoms with E-state index in [1.165, 1.54) is 0 Å². The van der Waals surface area contributed by atoms with Crippen molar-refractivity contribution >= 4 is 27.7 Å². The molecule has 0 unspecified atom stereocenters. The highest BCUT2D eigenvalue weighted by Crippen LogP contribution is 2.47. The summed E-state index contributed by atoms with van der Waals surface area (Å²) in [5.74, 6) is -0.622. The van der Waals surface area contributed by atoms with Crippen LogP contribution in [0.1, 0.15) is 63.0 Å². The van der Waals surface area contributed by atoms with Crippen LogP contribution < -0.4 is 5.32 Å². The lowest BCUT2D eigenvalue weighted by Crippen LogP contribution is -2.36. The van der Waals surface area contributed by atoms with Gasteiger partial charge in [-0.05, 0) is 49.8 Å². The molecule has 2 aliphatic rings. The molecule has 166 valence electrons. The van der Waals surface area contributed by atoms with E-state index < -0.39 is 5.92 Å². The zero-order chi connectivity index (χ0) is 22.8. The highest BCUT2D eigenvalue weighted by molar-refractivity contribution is 9.10. The monoisotopic (exact) mass is 493 g/mol. The first-order valence-electron chi connectivity index (χ1n) is 11.1. The van der Waals surface area contributed by atoms with E-state index in [0.29, 0.717) is 17.6 Å². The van der Waals surface area contributed by atoms with Crippen LogP contribution in [-0.4, -0.2) is 17.9 Å². The number of hydrogen-bond acceptors (Lipinski definition) is 4. The highest BCUT2D eigenvalue weighted by atomic mass is 79.9. The van der Waals surface area contributed by atoms with Crippen LogP contribution in [0.4, 0.5) is 0 Å². The number of esters is 1. The Labute approximate surface area is 197 Å². The lowest BCUT2D eigenvalue weighted by atomic mass is 9.72. The molecule has 1 aliphatic carbocycles. The summed E-state index contributed by atoms with van der Waals surface area (Å²) < 4.78 is 6.59. The van der Waals surface area contributed by atoms with Gasteiger partial charge in [-0.1, -0.05) is 71.4 Å². The largest absolute Gasteiger partial charge is 0.459 e. The van der Waals surface area contributed by atoms with Crippen molar-refractivity contribution in [1.29, 1.82) is 0 Å². The molecule has 0 amide bonds. The number of halogens is 1. The summed E-state index contributed by atoms with van der Waals surface area (Å²) in [5, 5.41) is 3.41. The number of allylic oxidation sites excluding steroid dienone is 3. The number of hydrogen-bond donors (Lipinski definition) is 1. The summed E-state index contributed by atoms with van der Waals surface area (Å²) in [6, 6.07) is 18.0. The molecule has 0 saturated carbocycles. The average molecular weight is 494 g/mol. The molecule has 32 heavy (non-hydrogen) atoms. The molecule has 1 heterocycles. The van der Waals surface area contributed by atoms with Crippen LogP contribution >= 0.6 is 15.9 Å². The second kappa shape index (κ2) is 9.45. The van der Waals surface area contributed by atoms with Gasteiger partial charge in [0.15, 0.2) is 5.78 Å². The molecule has 0 saturated heterocycles. The number of benzene rings is 2. The zero-order valence-corrected chi connectivity index (χ0v) is 20.2. The number of nitrogens with one attached hydrogen (secondary N) is 1. The molecule has 0 radical (unpaired) electrons. The van der Waals surface area contributed by atoms with Crippen molar-refractivity contribution in [3.05, 3.63) is 92.7 Å². The Hall–Kier alpha value is -2.66. The van der Waals surface area contributed by atoms with Crippen molar-refractivity contribution in [3.8, 4) is 0 Å². The minimum absolute atomic E-state index is 0.0784. The van der Waals surface area contributed by atoms with Gasteiger partial charge in [0.2, 0.25) is 0 Å². The van der Waals surface area contributed by atoms with Gasteiger partial charge in [0, 0.05) is 33.8 Å². The van der Waals surface area contributed by atoms with E-state index in [0.717, 1.165) is 39.8 Å². The predicted molar refractivity (Wildman–Crippen MR) is 129 cm³/mol. The minimum atomic E-state index is -0.456. The van der Waals surface area contributed by atoms with Crippen LogP contribution in [0.2, 0.25) is 0 Å². The third-order valence-electron chi connectivity index (χ3n) is 6.42. The van der Waals surface area contributed by atoms with Gasteiger partial charge in [-0.3, -0.25) is 4.79 Å². The summed E-state index contributed by atoms with van der Waals surface area (Å²) in [4.78, 5) is 26.8. The van der Waals surface area contributed by atoms with Crippen molar-refractivity contribution < 1.29 is 14.3 Å². The van der Waals surface area contributed by atoms with Gasteiger partial charge in [-0.15, -0.1) is 0 Å². The predicted octanol–water partition coefficient (Wildman–Crippen LogP) is 6.15. The molecule has 3 atom stereocenters. The molecule has 0 spiro atoms. The van der Waals surface area contributed by atoms with Gasteiger partial charge in [0.1, 0.15) is 0 Å². The van der Waals surface area contributed by atoms with Crippen molar-refractivity contribution in [1.82, 2.24) is 5.32 Å². The molecule has 0 fully saturated rings. The Morgan fingerprint density at radius 3 is 2.50 bits per heavy atom. The van der Waals surface area contributed by atoms with Gasteiger partial charge in [-0.25, -0.2) is 4.79 Å². The second-order valence-electron chi connectivity index (χ2n) is 8.57. The fourth-order valence-corrected chi connectivity index (χ4v) is 5.13. The minimum Gasteiger partial charge on any atom is -0.459 e. The Morgan fingerprint density at radius 2 is 1.81 bits per heavy atom. The maximum Gasteiger partial charge on any atom is 0.337 e. The first-order valence-corrected chi connectivity index (χ1v) is 11.9. The Balaban J connectivity index is 1.80. The summed E-state index contributed by atoms with van der Waals surface area (Å²) in [6.07, 6.45) is 1.70. The van der Waals surface area contributed by atoms with Crippen LogP contribution in [0, 0.1) is 0 Å². The lowest BCUT2D eigenvalue weighted by Gasteiger charge is -2.37. The van der Waals surface area contributed by atoms with E-state index in [2.05, 4.69) is 33.4 Å². The summed E-state index contributed by atoms with van der Waals surface area (Å²) in [5.41, 5.74) is 4.93. The van der Waals surface area contributed by atoms with E-state index in [1.54, 1.807) is 0 Å². The van der Waals surface area contributed by atoms with E-state index in [1.807, 2.05) is 63.2 Å². The fourth-order valence-electron chi connectivity index (χ4n) is 4.62. The summed E-state index contributed by atoms with van der Waals surface area (Å²) in [7, 11) is 0. The number of carbonyl (C=O) groups excluding carboxylic acids is 2. The normalized spacial score (nSPS) is 21.7. The van der Waals surface area contributed by atoms with E-state index >= 15 is 0 Å². The molecule has 2 aromatic carbocycles. The molecular weight excluding hydrogens is 466 g/mol. The highest BCUT2D eigenvalue weighted by Gasteiger charge is 2.42. The van der Waals surface area contributed by atoms with Gasteiger partial charge in [-0.2, -0.15) is 0 Å². The molecule has 1 aliphatic heterocycles. The molecular formula is C27H28BrNO3. The summed E-state index contributed by atoms with van der Waals surface area (Å²) >= 11 is 3.65. The smallest absolute Gasteiger partial charge is 0.337 e. The van der Waals surface area contributed by atoms with Gasteiger partial charge >= 0.3 is 5.97 Å². The molecule has 0 bridgehead atoms. The lowest BCUT2D eigenvalue weighted by molar-refractivity contribution is -0.144. The van der Waals surface area contributed by atoms with Gasteiger partial charge < -0.3 is 10.1 Å². The Kier molecular flexibility index (Phi) is 6.66. The molecule has 4 nitrogen and oxygen atoms in total. The summed E-state index contributed by atoms with van der Waals surface area (Å²) in [6.45, 7) is 5.77. The van der Waals surface area contributed by atoms with Crippen LogP contribution in [-0.2, 0) is 14.3 Å². The SMILES string of the molecule is CC[C@H](C)OC(=O)C1=C(C)NC2=C(C(=O)C[C@H](c3ccccc3)C2)[C@H]1c1ccccc1Br. The van der Waals surface area contributed by atoms with Crippen LogP contribution in [0.25, 0.3) is 0 Å². The van der Waals surface area contributed by atoms with Crippen molar-refractivity contribution in [3.63, 3.8) is 0 Å². The number of rotatable bonds is 5. The average Bonchev–Trinajstić information content (AvgIpc) is 2.78. The standard InChI is InChI=1S/C27H28BrNO3/c1-4-16(2)32-27(31)24-17(3)29-22-14-19(18-10-6-5-7-11-18)15-23(30)26(22)25(24)20-12-8-9-13-21(20)28/h5-13,16,19,25,29H,4,14-15H2,1-3H3/t16-,19+,25-/m0/s1. The number of ketones is 1. The first kappa shape index (κ1) is 22.5. The Bertz CT molecular complexity index is 1100. The number of dihydropyridines is 1. The van der Waals surface area contributed by atoms with E-state index in [4.69, 9.17) is 4.74 Å². The molecule has 0 aromatic heterocycles.